The molecule has 1 atom stereocenters. The third kappa shape index (κ3) is 3.03. The highest BCUT2D eigenvalue weighted by atomic mass is 79.9. The largest absolute Gasteiger partial charge is 0.309 e. The first-order valence-electron chi connectivity index (χ1n) is 6.01. The maximum absolute atomic E-state index is 14.1. The van der Waals surface area contributed by atoms with Gasteiger partial charge in [-0.15, -0.1) is 0 Å². The van der Waals surface area contributed by atoms with E-state index in [1.165, 1.54) is 12.1 Å². The molecule has 0 spiro atoms. The van der Waals surface area contributed by atoms with Crippen LogP contribution in [0.5, 0.6) is 0 Å². The van der Waals surface area contributed by atoms with Gasteiger partial charge in [-0.25, -0.2) is 8.78 Å². The molecule has 0 aliphatic carbocycles. The average molecular weight is 361 g/mol. The van der Waals surface area contributed by atoms with E-state index in [0.717, 1.165) is 5.56 Å². The number of aryl methyl sites for hydroxylation is 1. The second kappa shape index (κ2) is 6.20. The fourth-order valence-electron chi connectivity index (χ4n) is 2.10. The molecule has 0 heterocycles. The van der Waals surface area contributed by atoms with Crippen molar-refractivity contribution in [3.05, 3.63) is 68.2 Å². The van der Waals surface area contributed by atoms with Gasteiger partial charge in [-0.2, -0.15) is 0 Å². The highest BCUT2D eigenvalue weighted by Gasteiger charge is 2.21. The minimum atomic E-state index is -0.604. The first-order chi connectivity index (χ1) is 9.43. The first-order valence-corrected chi connectivity index (χ1v) is 7.19. The van der Waals surface area contributed by atoms with E-state index in [2.05, 4.69) is 21.2 Å². The summed E-state index contributed by atoms with van der Waals surface area (Å²) in [4.78, 5) is 0. The van der Waals surface area contributed by atoms with Crippen molar-refractivity contribution < 1.29 is 8.78 Å². The van der Waals surface area contributed by atoms with E-state index >= 15 is 0 Å². The molecule has 2 rings (SSSR count). The summed E-state index contributed by atoms with van der Waals surface area (Å²) in [6, 6.07) is 7.26. The summed E-state index contributed by atoms with van der Waals surface area (Å²) in [7, 11) is 1.65. The normalized spacial score (nSPS) is 12.5. The SMILES string of the molecule is CNC(c1ccc(C)c(Cl)c1)c1c(F)cc(Br)cc1F. The number of rotatable bonds is 3. The van der Waals surface area contributed by atoms with E-state index in [9.17, 15) is 8.78 Å². The standard InChI is InChI=1S/C15H13BrClF2N/c1-8-3-4-9(5-11(8)17)15(20-2)14-12(18)6-10(16)7-13(14)19/h3-7,15,20H,1-2H3. The lowest BCUT2D eigenvalue weighted by molar-refractivity contribution is 0.521. The minimum Gasteiger partial charge on any atom is -0.309 e. The zero-order valence-corrected chi connectivity index (χ0v) is 13.3. The summed E-state index contributed by atoms with van der Waals surface area (Å²) in [5, 5.41) is 3.50. The lowest BCUT2D eigenvalue weighted by Gasteiger charge is -2.19. The molecule has 0 aliphatic heterocycles. The van der Waals surface area contributed by atoms with Gasteiger partial charge >= 0.3 is 0 Å². The zero-order chi connectivity index (χ0) is 14.9. The number of hydrogen-bond donors (Lipinski definition) is 1. The maximum atomic E-state index is 14.1. The van der Waals surface area contributed by atoms with Crippen molar-refractivity contribution in [1.82, 2.24) is 5.32 Å². The van der Waals surface area contributed by atoms with Gasteiger partial charge in [0.05, 0.1) is 6.04 Å². The van der Waals surface area contributed by atoms with Crippen molar-refractivity contribution in [3.8, 4) is 0 Å². The van der Waals surface area contributed by atoms with E-state index < -0.39 is 17.7 Å². The van der Waals surface area contributed by atoms with Gasteiger partial charge in [0.2, 0.25) is 0 Å². The molecule has 0 fully saturated rings. The predicted molar refractivity (Wildman–Crippen MR) is 81.1 cm³/mol. The van der Waals surface area contributed by atoms with Crippen molar-refractivity contribution >= 4 is 27.5 Å². The lowest BCUT2D eigenvalue weighted by Crippen LogP contribution is -2.20. The first kappa shape index (κ1) is 15.4. The van der Waals surface area contributed by atoms with Crippen LogP contribution in [-0.2, 0) is 0 Å². The minimum absolute atomic E-state index is 0.0179. The average Bonchev–Trinajstić information content (AvgIpc) is 2.37. The Bertz CT molecular complexity index is 623. The third-order valence-corrected chi connectivity index (χ3v) is 4.02. The van der Waals surface area contributed by atoms with Gasteiger partial charge in [-0.1, -0.05) is 39.7 Å². The summed E-state index contributed by atoms with van der Waals surface area (Å²) < 4.78 is 28.5. The third-order valence-electron chi connectivity index (χ3n) is 3.15. The van der Waals surface area contributed by atoms with E-state index in [0.29, 0.717) is 15.1 Å². The number of nitrogens with one attached hydrogen (secondary N) is 1. The Labute approximate surface area is 130 Å². The second-order valence-corrected chi connectivity index (χ2v) is 5.84. The predicted octanol–water partition coefficient (Wildman–Crippen LogP) is 5.00. The molecular weight excluding hydrogens is 348 g/mol. The van der Waals surface area contributed by atoms with E-state index in [-0.39, 0.29) is 5.56 Å². The van der Waals surface area contributed by atoms with Gasteiger partial charge in [-0.3, -0.25) is 0 Å². The fourth-order valence-corrected chi connectivity index (χ4v) is 2.69. The smallest absolute Gasteiger partial charge is 0.132 e. The Morgan fingerprint density at radius 3 is 2.25 bits per heavy atom. The number of benzene rings is 2. The highest BCUT2D eigenvalue weighted by Crippen LogP contribution is 2.31. The van der Waals surface area contributed by atoms with Crippen LogP contribution in [0.1, 0.15) is 22.7 Å². The van der Waals surface area contributed by atoms with Crippen LogP contribution in [-0.4, -0.2) is 7.05 Å². The van der Waals surface area contributed by atoms with Crippen LogP contribution in [0, 0.1) is 18.6 Å². The Hall–Kier alpha value is -0.970. The molecule has 1 N–H and O–H groups in total. The van der Waals surface area contributed by atoms with Crippen LogP contribution in [0.4, 0.5) is 8.78 Å². The van der Waals surface area contributed by atoms with Crippen LogP contribution < -0.4 is 5.32 Å². The van der Waals surface area contributed by atoms with Crippen molar-refractivity contribution in [2.24, 2.45) is 0 Å². The summed E-state index contributed by atoms with van der Waals surface area (Å²) in [6.07, 6.45) is 0. The molecule has 1 unspecified atom stereocenters. The van der Waals surface area contributed by atoms with Crippen LogP contribution >= 0.6 is 27.5 Å². The Balaban J connectivity index is 2.55. The summed E-state index contributed by atoms with van der Waals surface area (Å²) in [5.74, 6) is -1.21. The topological polar surface area (TPSA) is 12.0 Å². The molecule has 0 bridgehead atoms. The molecule has 0 aromatic heterocycles. The van der Waals surface area contributed by atoms with Crippen molar-refractivity contribution in [1.29, 1.82) is 0 Å². The Morgan fingerprint density at radius 1 is 1.15 bits per heavy atom. The molecule has 0 saturated heterocycles. The molecule has 0 amide bonds. The van der Waals surface area contributed by atoms with E-state index in [1.54, 1.807) is 13.1 Å². The zero-order valence-electron chi connectivity index (χ0n) is 11.0. The number of hydrogen-bond acceptors (Lipinski definition) is 1. The quantitative estimate of drug-likeness (QED) is 0.812. The summed E-state index contributed by atoms with van der Waals surface area (Å²) >= 11 is 9.16. The van der Waals surface area contributed by atoms with Gasteiger partial charge in [0.15, 0.2) is 0 Å². The van der Waals surface area contributed by atoms with Gasteiger partial charge in [0.25, 0.3) is 0 Å². The lowest BCUT2D eigenvalue weighted by atomic mass is 9.97. The fraction of sp³-hybridized carbons (Fsp3) is 0.200. The Kier molecular flexibility index (Phi) is 4.78. The second-order valence-electron chi connectivity index (χ2n) is 4.51. The van der Waals surface area contributed by atoms with E-state index in [1.807, 2.05) is 19.1 Å². The maximum Gasteiger partial charge on any atom is 0.132 e. The van der Waals surface area contributed by atoms with E-state index in [4.69, 9.17) is 11.6 Å². The molecule has 5 heteroatoms. The molecular formula is C15H13BrClF2N. The van der Waals surface area contributed by atoms with Crippen LogP contribution in [0.15, 0.2) is 34.8 Å². The van der Waals surface area contributed by atoms with Crippen molar-refractivity contribution in [3.63, 3.8) is 0 Å². The molecule has 106 valence electrons. The van der Waals surface area contributed by atoms with Crippen molar-refractivity contribution in [2.45, 2.75) is 13.0 Å². The monoisotopic (exact) mass is 359 g/mol. The molecule has 20 heavy (non-hydrogen) atoms. The van der Waals surface area contributed by atoms with Crippen molar-refractivity contribution in [2.75, 3.05) is 7.05 Å². The molecule has 0 saturated carbocycles. The molecule has 0 radical (unpaired) electrons. The molecule has 1 nitrogen and oxygen atoms in total. The van der Waals surface area contributed by atoms with Crippen LogP contribution in [0.3, 0.4) is 0 Å². The van der Waals surface area contributed by atoms with Gasteiger partial charge in [0.1, 0.15) is 11.6 Å². The molecule has 0 aliphatic rings. The van der Waals surface area contributed by atoms with Crippen LogP contribution in [0.25, 0.3) is 0 Å². The highest BCUT2D eigenvalue weighted by molar-refractivity contribution is 9.10. The van der Waals surface area contributed by atoms with Crippen LogP contribution in [0.2, 0.25) is 5.02 Å². The van der Waals surface area contributed by atoms with Gasteiger partial charge in [0, 0.05) is 15.1 Å². The van der Waals surface area contributed by atoms with Gasteiger partial charge < -0.3 is 5.32 Å². The molecule has 2 aromatic rings. The molecule has 2 aromatic carbocycles. The summed E-state index contributed by atoms with van der Waals surface area (Å²) in [6.45, 7) is 1.88. The summed E-state index contributed by atoms with van der Waals surface area (Å²) in [5.41, 5.74) is 1.61. The Morgan fingerprint density at radius 2 is 1.75 bits per heavy atom. The van der Waals surface area contributed by atoms with Gasteiger partial charge in [-0.05, 0) is 43.3 Å². The number of halogens is 4.